The van der Waals surface area contributed by atoms with Crippen LogP contribution in [-0.2, 0) is 0 Å². The predicted molar refractivity (Wildman–Crippen MR) is 87.3 cm³/mol. The molecule has 0 aliphatic rings. The van der Waals surface area contributed by atoms with Crippen LogP contribution in [-0.4, -0.2) is 5.91 Å². The molecule has 0 atom stereocenters. The molecule has 114 valence electrons. The van der Waals surface area contributed by atoms with E-state index in [2.05, 4.69) is 5.32 Å². The van der Waals surface area contributed by atoms with E-state index in [1.54, 1.807) is 18.2 Å². The minimum Gasteiger partial charge on any atom is -0.455 e. The summed E-state index contributed by atoms with van der Waals surface area (Å²) in [5, 5.41) is 2.78. The van der Waals surface area contributed by atoms with E-state index in [0.29, 0.717) is 22.7 Å². The van der Waals surface area contributed by atoms with E-state index in [1.165, 1.54) is 24.3 Å². The maximum Gasteiger partial charge on any atom is 0.255 e. The number of hydrogen-bond acceptors (Lipinski definition) is 2. The summed E-state index contributed by atoms with van der Waals surface area (Å²) in [4.78, 5) is 12.2. The highest BCUT2D eigenvalue weighted by molar-refractivity contribution is 6.05. The Labute approximate surface area is 133 Å². The third-order valence-corrected chi connectivity index (χ3v) is 3.21. The predicted octanol–water partition coefficient (Wildman–Crippen LogP) is 4.87. The summed E-state index contributed by atoms with van der Waals surface area (Å²) >= 11 is 0. The van der Waals surface area contributed by atoms with Gasteiger partial charge >= 0.3 is 0 Å². The minimum absolute atomic E-state index is 0.325. The second kappa shape index (κ2) is 6.75. The average molecular weight is 307 g/mol. The standard InChI is InChI=1S/C19H14FNO2/c20-15-12-10-14(11-13-15)19(22)21-17-8-4-5-9-18(17)23-16-6-2-1-3-7-16/h1-13H,(H,21,22). The largest absolute Gasteiger partial charge is 0.455 e. The zero-order chi connectivity index (χ0) is 16.1. The van der Waals surface area contributed by atoms with Crippen LogP contribution in [0.2, 0.25) is 0 Å². The Hall–Kier alpha value is -3.14. The van der Waals surface area contributed by atoms with Gasteiger partial charge in [0.25, 0.3) is 5.91 Å². The number of carbonyl (C=O) groups is 1. The lowest BCUT2D eigenvalue weighted by molar-refractivity contribution is 0.102. The maximum absolute atomic E-state index is 12.9. The molecule has 0 fully saturated rings. The zero-order valence-electron chi connectivity index (χ0n) is 12.2. The number of ether oxygens (including phenoxy) is 1. The molecule has 1 N–H and O–H groups in total. The van der Waals surface area contributed by atoms with Crippen molar-refractivity contribution in [3.63, 3.8) is 0 Å². The van der Waals surface area contributed by atoms with Crippen molar-refractivity contribution in [3.05, 3.63) is 90.2 Å². The van der Waals surface area contributed by atoms with E-state index in [-0.39, 0.29) is 11.7 Å². The third-order valence-electron chi connectivity index (χ3n) is 3.21. The fraction of sp³-hybridized carbons (Fsp3) is 0. The summed E-state index contributed by atoms with van der Waals surface area (Å²) in [6.45, 7) is 0. The van der Waals surface area contributed by atoms with Gasteiger partial charge in [0.2, 0.25) is 0 Å². The van der Waals surface area contributed by atoms with Crippen LogP contribution in [0.3, 0.4) is 0 Å². The topological polar surface area (TPSA) is 38.3 Å². The normalized spacial score (nSPS) is 10.1. The molecule has 3 aromatic rings. The Morgan fingerprint density at radius 3 is 2.22 bits per heavy atom. The monoisotopic (exact) mass is 307 g/mol. The molecule has 0 radical (unpaired) electrons. The van der Waals surface area contributed by atoms with Gasteiger partial charge in [-0.2, -0.15) is 0 Å². The highest BCUT2D eigenvalue weighted by atomic mass is 19.1. The Balaban J connectivity index is 1.80. The first kappa shape index (κ1) is 14.8. The third kappa shape index (κ3) is 3.74. The van der Waals surface area contributed by atoms with Crippen molar-refractivity contribution in [2.45, 2.75) is 0 Å². The van der Waals surface area contributed by atoms with Crippen LogP contribution < -0.4 is 10.1 Å². The second-order valence-corrected chi connectivity index (χ2v) is 4.87. The molecule has 0 unspecified atom stereocenters. The average Bonchev–Trinajstić information content (AvgIpc) is 2.58. The van der Waals surface area contributed by atoms with Gasteiger partial charge in [-0.05, 0) is 48.5 Å². The fourth-order valence-corrected chi connectivity index (χ4v) is 2.07. The number of benzene rings is 3. The lowest BCUT2D eigenvalue weighted by Gasteiger charge is -2.12. The molecule has 23 heavy (non-hydrogen) atoms. The van der Waals surface area contributed by atoms with E-state index in [0.717, 1.165) is 0 Å². The molecule has 0 aliphatic heterocycles. The molecule has 0 spiro atoms. The Morgan fingerprint density at radius 2 is 1.48 bits per heavy atom. The van der Waals surface area contributed by atoms with Gasteiger partial charge in [0, 0.05) is 5.56 Å². The molecular weight excluding hydrogens is 293 g/mol. The molecule has 0 bridgehead atoms. The van der Waals surface area contributed by atoms with Crippen molar-refractivity contribution in [2.75, 3.05) is 5.32 Å². The van der Waals surface area contributed by atoms with Crippen molar-refractivity contribution >= 4 is 11.6 Å². The summed E-state index contributed by atoms with van der Waals surface area (Å²) in [6, 6.07) is 21.8. The Morgan fingerprint density at radius 1 is 0.826 bits per heavy atom. The van der Waals surface area contributed by atoms with Gasteiger partial charge in [-0.25, -0.2) is 4.39 Å². The summed E-state index contributed by atoms with van der Waals surface area (Å²) in [6.07, 6.45) is 0. The molecule has 0 aromatic heterocycles. The first-order chi connectivity index (χ1) is 11.2. The van der Waals surface area contributed by atoms with Gasteiger partial charge in [0.15, 0.2) is 5.75 Å². The molecular formula is C19H14FNO2. The van der Waals surface area contributed by atoms with Crippen molar-refractivity contribution in [2.24, 2.45) is 0 Å². The van der Waals surface area contributed by atoms with Crippen LogP contribution in [0.4, 0.5) is 10.1 Å². The van der Waals surface area contributed by atoms with E-state index in [1.807, 2.05) is 36.4 Å². The summed E-state index contributed by atoms with van der Waals surface area (Å²) in [5.41, 5.74) is 0.923. The van der Waals surface area contributed by atoms with Gasteiger partial charge in [-0.1, -0.05) is 30.3 Å². The van der Waals surface area contributed by atoms with Gasteiger partial charge in [0.1, 0.15) is 11.6 Å². The van der Waals surface area contributed by atoms with Gasteiger partial charge in [-0.3, -0.25) is 4.79 Å². The number of para-hydroxylation sites is 3. The number of rotatable bonds is 4. The van der Waals surface area contributed by atoms with Crippen LogP contribution in [0.15, 0.2) is 78.9 Å². The SMILES string of the molecule is O=C(Nc1ccccc1Oc1ccccc1)c1ccc(F)cc1. The number of carbonyl (C=O) groups excluding carboxylic acids is 1. The molecule has 3 aromatic carbocycles. The van der Waals surface area contributed by atoms with Gasteiger partial charge < -0.3 is 10.1 Å². The zero-order valence-corrected chi connectivity index (χ0v) is 12.2. The van der Waals surface area contributed by atoms with Crippen LogP contribution in [0.25, 0.3) is 0 Å². The number of amides is 1. The van der Waals surface area contributed by atoms with Crippen LogP contribution in [0, 0.1) is 5.82 Å². The number of anilines is 1. The van der Waals surface area contributed by atoms with Crippen LogP contribution >= 0.6 is 0 Å². The van der Waals surface area contributed by atoms with E-state index < -0.39 is 0 Å². The van der Waals surface area contributed by atoms with Crippen LogP contribution in [0.5, 0.6) is 11.5 Å². The molecule has 3 rings (SSSR count). The van der Waals surface area contributed by atoms with Crippen molar-refractivity contribution in [3.8, 4) is 11.5 Å². The number of nitrogens with one attached hydrogen (secondary N) is 1. The molecule has 1 amide bonds. The summed E-state index contributed by atoms with van der Waals surface area (Å²) in [7, 11) is 0. The van der Waals surface area contributed by atoms with E-state index in [4.69, 9.17) is 4.74 Å². The smallest absolute Gasteiger partial charge is 0.255 e. The second-order valence-electron chi connectivity index (χ2n) is 4.87. The first-order valence-corrected chi connectivity index (χ1v) is 7.11. The Bertz CT molecular complexity index is 801. The Kier molecular flexibility index (Phi) is 4.34. The lowest BCUT2D eigenvalue weighted by atomic mass is 10.2. The number of halogens is 1. The van der Waals surface area contributed by atoms with Gasteiger partial charge in [0.05, 0.1) is 5.69 Å². The summed E-state index contributed by atoms with van der Waals surface area (Å²) in [5.74, 6) is 0.508. The van der Waals surface area contributed by atoms with Crippen LogP contribution in [0.1, 0.15) is 10.4 Å². The fourth-order valence-electron chi connectivity index (χ4n) is 2.07. The number of hydrogen-bond donors (Lipinski definition) is 1. The van der Waals surface area contributed by atoms with Crippen molar-refractivity contribution in [1.29, 1.82) is 0 Å². The lowest BCUT2D eigenvalue weighted by Crippen LogP contribution is -2.12. The first-order valence-electron chi connectivity index (χ1n) is 7.11. The summed E-state index contributed by atoms with van der Waals surface area (Å²) < 4.78 is 18.7. The molecule has 0 saturated carbocycles. The highest BCUT2D eigenvalue weighted by Crippen LogP contribution is 2.29. The molecule has 0 aliphatic carbocycles. The molecule has 4 heteroatoms. The van der Waals surface area contributed by atoms with Crippen molar-refractivity contribution < 1.29 is 13.9 Å². The van der Waals surface area contributed by atoms with Crippen molar-refractivity contribution in [1.82, 2.24) is 0 Å². The molecule has 0 heterocycles. The maximum atomic E-state index is 12.9. The van der Waals surface area contributed by atoms with E-state index >= 15 is 0 Å². The van der Waals surface area contributed by atoms with E-state index in [9.17, 15) is 9.18 Å². The minimum atomic E-state index is -0.380. The highest BCUT2D eigenvalue weighted by Gasteiger charge is 2.10. The molecule has 3 nitrogen and oxygen atoms in total. The molecule has 0 saturated heterocycles. The quantitative estimate of drug-likeness (QED) is 0.746. The van der Waals surface area contributed by atoms with Gasteiger partial charge in [-0.15, -0.1) is 0 Å².